The third-order valence-electron chi connectivity index (χ3n) is 2.51. The van der Waals surface area contributed by atoms with Gasteiger partial charge in [0.25, 0.3) is 10.0 Å². The lowest BCUT2D eigenvalue weighted by molar-refractivity contribution is 0.600. The predicted molar refractivity (Wildman–Crippen MR) is 72.8 cm³/mol. The zero-order valence-corrected chi connectivity index (χ0v) is 11.0. The van der Waals surface area contributed by atoms with Crippen LogP contribution >= 0.6 is 0 Å². The Kier molecular flexibility index (Phi) is 3.59. The molecule has 0 heterocycles. The zero-order chi connectivity index (χ0) is 14.8. The van der Waals surface area contributed by atoms with Crippen LogP contribution in [-0.4, -0.2) is 8.42 Å². The lowest BCUT2D eigenvalue weighted by Crippen LogP contribution is -2.15. The van der Waals surface area contributed by atoms with E-state index in [1.165, 1.54) is 12.1 Å². The highest BCUT2D eigenvalue weighted by molar-refractivity contribution is 7.92. The maximum Gasteiger partial charge on any atom is 0.263 e. The first-order valence-electron chi connectivity index (χ1n) is 5.50. The Morgan fingerprint density at radius 2 is 1.95 bits per heavy atom. The number of nitrogen functional groups attached to an aromatic ring is 1. The van der Waals surface area contributed by atoms with Crippen molar-refractivity contribution < 1.29 is 12.8 Å². The van der Waals surface area contributed by atoms with Gasteiger partial charge in [0.1, 0.15) is 10.7 Å². The molecule has 7 heteroatoms. The molecule has 2 rings (SSSR count). The van der Waals surface area contributed by atoms with Crippen molar-refractivity contribution in [3.8, 4) is 6.07 Å². The van der Waals surface area contributed by atoms with Crippen LogP contribution in [0, 0.1) is 17.1 Å². The van der Waals surface area contributed by atoms with Gasteiger partial charge in [-0.15, -0.1) is 0 Å². The summed E-state index contributed by atoms with van der Waals surface area (Å²) in [7, 11) is -3.94. The summed E-state index contributed by atoms with van der Waals surface area (Å²) >= 11 is 0. The van der Waals surface area contributed by atoms with E-state index in [1.54, 1.807) is 12.1 Å². The molecular weight excluding hydrogens is 281 g/mol. The molecule has 20 heavy (non-hydrogen) atoms. The Morgan fingerprint density at radius 1 is 1.20 bits per heavy atom. The van der Waals surface area contributed by atoms with Crippen molar-refractivity contribution in [1.29, 1.82) is 5.26 Å². The maximum atomic E-state index is 12.9. The number of benzene rings is 2. The van der Waals surface area contributed by atoms with E-state index in [9.17, 15) is 12.8 Å². The van der Waals surface area contributed by atoms with Crippen molar-refractivity contribution in [2.75, 3.05) is 10.5 Å². The molecule has 0 radical (unpaired) electrons. The lowest BCUT2D eigenvalue weighted by Gasteiger charge is -2.10. The second-order valence-corrected chi connectivity index (χ2v) is 5.63. The second kappa shape index (κ2) is 5.19. The van der Waals surface area contributed by atoms with E-state index in [-0.39, 0.29) is 16.3 Å². The summed E-state index contributed by atoms with van der Waals surface area (Å²) in [6.07, 6.45) is 0. The molecule has 0 unspecified atom stereocenters. The average molecular weight is 291 g/mol. The topological polar surface area (TPSA) is 96.0 Å². The maximum absolute atomic E-state index is 12.9. The summed E-state index contributed by atoms with van der Waals surface area (Å²) in [5.41, 5.74) is 5.87. The number of rotatable bonds is 3. The quantitative estimate of drug-likeness (QED) is 0.846. The van der Waals surface area contributed by atoms with E-state index in [0.29, 0.717) is 5.56 Å². The molecule has 5 nitrogen and oxygen atoms in total. The Hall–Kier alpha value is -2.59. The van der Waals surface area contributed by atoms with Gasteiger partial charge >= 0.3 is 0 Å². The Labute approximate surface area is 115 Å². The number of sulfonamides is 1. The van der Waals surface area contributed by atoms with Gasteiger partial charge in [-0.25, -0.2) is 12.8 Å². The summed E-state index contributed by atoms with van der Waals surface area (Å²) in [6, 6.07) is 10.9. The minimum Gasteiger partial charge on any atom is -0.398 e. The number of nitrogens with two attached hydrogens (primary N) is 1. The molecule has 0 saturated heterocycles. The minimum atomic E-state index is -3.94. The minimum absolute atomic E-state index is 0.186. The fraction of sp³-hybridized carbons (Fsp3) is 0. The summed E-state index contributed by atoms with van der Waals surface area (Å²) < 4.78 is 39.5. The molecule has 0 aromatic heterocycles. The third kappa shape index (κ3) is 2.87. The standard InChI is InChI=1S/C13H10FN3O2S/c14-10-4-5-13(12(16)7-10)20(18,19)17-11-3-1-2-9(6-11)8-15/h1-7,17H,16H2. The van der Waals surface area contributed by atoms with Crippen LogP contribution in [0.5, 0.6) is 0 Å². The summed E-state index contributed by atoms with van der Waals surface area (Å²) in [4.78, 5) is -0.221. The molecule has 0 saturated carbocycles. The first-order chi connectivity index (χ1) is 9.42. The second-order valence-electron chi connectivity index (χ2n) is 3.98. The highest BCUT2D eigenvalue weighted by atomic mass is 32.2. The van der Waals surface area contributed by atoms with E-state index >= 15 is 0 Å². The molecule has 2 aromatic carbocycles. The van der Waals surface area contributed by atoms with Crippen LogP contribution in [0.3, 0.4) is 0 Å². The van der Waals surface area contributed by atoms with Crippen LogP contribution in [0.4, 0.5) is 15.8 Å². The molecule has 0 amide bonds. The molecule has 3 N–H and O–H groups in total. The van der Waals surface area contributed by atoms with Crippen molar-refractivity contribution in [2.24, 2.45) is 0 Å². The Balaban J connectivity index is 2.38. The normalized spacial score (nSPS) is 10.8. The van der Waals surface area contributed by atoms with E-state index < -0.39 is 15.8 Å². The lowest BCUT2D eigenvalue weighted by atomic mass is 10.2. The first kappa shape index (κ1) is 13.8. The van der Waals surface area contributed by atoms with Crippen LogP contribution in [0.1, 0.15) is 5.56 Å². The van der Waals surface area contributed by atoms with E-state index in [0.717, 1.165) is 18.2 Å². The molecule has 0 atom stereocenters. The molecule has 0 fully saturated rings. The molecule has 102 valence electrons. The Morgan fingerprint density at radius 3 is 2.60 bits per heavy atom. The molecule has 0 bridgehead atoms. The summed E-state index contributed by atoms with van der Waals surface area (Å²) in [5, 5.41) is 8.76. The number of nitriles is 1. The van der Waals surface area contributed by atoms with E-state index in [2.05, 4.69) is 4.72 Å². The highest BCUT2D eigenvalue weighted by Gasteiger charge is 2.18. The number of hydrogen-bond donors (Lipinski definition) is 2. The molecule has 0 aliphatic heterocycles. The smallest absolute Gasteiger partial charge is 0.263 e. The van der Waals surface area contributed by atoms with E-state index in [4.69, 9.17) is 11.0 Å². The van der Waals surface area contributed by atoms with E-state index in [1.807, 2.05) is 6.07 Å². The van der Waals surface area contributed by atoms with Crippen LogP contribution < -0.4 is 10.5 Å². The fourth-order valence-electron chi connectivity index (χ4n) is 1.63. The number of nitrogens with zero attached hydrogens (tertiary/aromatic N) is 1. The SMILES string of the molecule is N#Cc1cccc(NS(=O)(=O)c2ccc(F)cc2N)c1. The van der Waals surface area contributed by atoms with Crippen molar-refractivity contribution >= 4 is 21.4 Å². The molecule has 2 aromatic rings. The molecular formula is C13H10FN3O2S. The summed E-state index contributed by atoms with van der Waals surface area (Å²) in [5.74, 6) is -0.618. The predicted octanol–water partition coefficient (Wildman–Crippen LogP) is 2.08. The monoisotopic (exact) mass is 291 g/mol. The van der Waals surface area contributed by atoms with Crippen LogP contribution in [0.15, 0.2) is 47.4 Å². The van der Waals surface area contributed by atoms with Gasteiger partial charge in [0.05, 0.1) is 23.0 Å². The largest absolute Gasteiger partial charge is 0.398 e. The summed E-state index contributed by atoms with van der Waals surface area (Å²) in [6.45, 7) is 0. The molecule has 0 aliphatic carbocycles. The van der Waals surface area contributed by atoms with Gasteiger partial charge < -0.3 is 5.73 Å². The van der Waals surface area contributed by atoms with Gasteiger partial charge in [0.2, 0.25) is 0 Å². The van der Waals surface area contributed by atoms with Gasteiger partial charge in [-0.2, -0.15) is 5.26 Å². The third-order valence-corrected chi connectivity index (χ3v) is 3.96. The van der Waals surface area contributed by atoms with Crippen LogP contribution in [-0.2, 0) is 10.0 Å². The van der Waals surface area contributed by atoms with Crippen molar-refractivity contribution in [3.05, 3.63) is 53.8 Å². The molecule has 0 spiro atoms. The number of anilines is 2. The van der Waals surface area contributed by atoms with Gasteiger partial charge in [0, 0.05) is 0 Å². The zero-order valence-electron chi connectivity index (χ0n) is 10.2. The van der Waals surface area contributed by atoms with Crippen molar-refractivity contribution in [1.82, 2.24) is 0 Å². The van der Waals surface area contributed by atoms with Gasteiger partial charge in [0.15, 0.2) is 0 Å². The fourth-order valence-corrected chi connectivity index (χ4v) is 2.79. The van der Waals surface area contributed by atoms with Gasteiger partial charge in [-0.3, -0.25) is 4.72 Å². The Bertz CT molecular complexity index is 798. The van der Waals surface area contributed by atoms with Gasteiger partial charge in [-0.1, -0.05) is 6.07 Å². The first-order valence-corrected chi connectivity index (χ1v) is 6.99. The van der Waals surface area contributed by atoms with Crippen LogP contribution in [0.2, 0.25) is 0 Å². The average Bonchev–Trinajstić information content (AvgIpc) is 2.37. The number of halogens is 1. The number of hydrogen-bond acceptors (Lipinski definition) is 4. The van der Waals surface area contributed by atoms with Crippen molar-refractivity contribution in [2.45, 2.75) is 4.90 Å². The van der Waals surface area contributed by atoms with Crippen molar-refractivity contribution in [3.63, 3.8) is 0 Å². The highest BCUT2D eigenvalue weighted by Crippen LogP contribution is 2.22. The molecule has 0 aliphatic rings. The van der Waals surface area contributed by atoms with Crippen LogP contribution in [0.25, 0.3) is 0 Å². The number of nitrogens with one attached hydrogen (secondary N) is 1. The van der Waals surface area contributed by atoms with Gasteiger partial charge in [-0.05, 0) is 36.4 Å².